The van der Waals surface area contributed by atoms with E-state index in [0.717, 1.165) is 0 Å². The molecule has 124 valence electrons. The summed E-state index contributed by atoms with van der Waals surface area (Å²) in [6.07, 6.45) is 0.933. The second-order valence-corrected chi connectivity index (χ2v) is 5.05. The average molecular weight is 307 g/mol. The Balaban J connectivity index is 0. The second kappa shape index (κ2) is 12.7. The van der Waals surface area contributed by atoms with Crippen LogP contribution in [0, 0.1) is 12.3 Å². The lowest BCUT2D eigenvalue weighted by Crippen LogP contribution is -2.37. The summed E-state index contributed by atoms with van der Waals surface area (Å²) in [6, 6.07) is 10.3. The van der Waals surface area contributed by atoms with E-state index in [-0.39, 0.29) is 18.2 Å². The molecule has 0 aliphatic rings. The van der Waals surface area contributed by atoms with E-state index >= 15 is 0 Å². The molecule has 1 aromatic carbocycles. The van der Waals surface area contributed by atoms with Crippen LogP contribution >= 0.6 is 0 Å². The van der Waals surface area contributed by atoms with Crippen LogP contribution in [0.15, 0.2) is 30.3 Å². The van der Waals surface area contributed by atoms with E-state index < -0.39 is 5.41 Å². The number of hydrogen-bond acceptors (Lipinski definition) is 3. The van der Waals surface area contributed by atoms with Crippen LogP contribution in [0.5, 0.6) is 0 Å². The highest BCUT2D eigenvalue weighted by Gasteiger charge is 2.26. The highest BCUT2D eigenvalue weighted by molar-refractivity contribution is 5.99. The molecule has 0 aliphatic heterocycles. The standard InChI is InChI=1S/C9H15NO3.C7H8.C2H6/c1-4-8(13)10-5-7(12)9(2,3)6-11;1-7-5-3-2-4-6-7;1-2/h6H,4-5H2,1-3H3,(H,10,13);2-6H,1H3;1-2H3. The first-order valence-electron chi connectivity index (χ1n) is 7.61. The minimum atomic E-state index is -0.999. The zero-order valence-electron chi connectivity index (χ0n) is 14.6. The molecule has 0 fully saturated rings. The summed E-state index contributed by atoms with van der Waals surface area (Å²) < 4.78 is 0. The molecular weight excluding hydrogens is 278 g/mol. The van der Waals surface area contributed by atoms with E-state index in [1.807, 2.05) is 32.0 Å². The van der Waals surface area contributed by atoms with Gasteiger partial charge in [0.05, 0.1) is 12.0 Å². The number of nitrogens with one attached hydrogen (secondary N) is 1. The first-order valence-corrected chi connectivity index (χ1v) is 7.61. The number of carbonyl (C=O) groups is 3. The third-order valence-electron chi connectivity index (χ3n) is 2.72. The Morgan fingerprint density at radius 1 is 1.14 bits per heavy atom. The van der Waals surface area contributed by atoms with Gasteiger partial charge in [0.15, 0.2) is 5.78 Å². The molecule has 4 nitrogen and oxygen atoms in total. The van der Waals surface area contributed by atoms with E-state index in [0.29, 0.717) is 12.7 Å². The minimum absolute atomic E-state index is 0.0710. The molecule has 0 saturated heterocycles. The predicted octanol–water partition coefficient (Wildman–Crippen LogP) is 3.33. The van der Waals surface area contributed by atoms with Gasteiger partial charge in [-0.2, -0.15) is 0 Å². The van der Waals surface area contributed by atoms with Crippen LogP contribution in [0.25, 0.3) is 0 Å². The molecule has 0 aromatic heterocycles. The number of hydrogen-bond donors (Lipinski definition) is 1. The summed E-state index contributed by atoms with van der Waals surface area (Å²) >= 11 is 0. The summed E-state index contributed by atoms with van der Waals surface area (Å²) in [5.41, 5.74) is 0.323. The van der Waals surface area contributed by atoms with Gasteiger partial charge in [-0.25, -0.2) is 0 Å². The van der Waals surface area contributed by atoms with Gasteiger partial charge in [0.2, 0.25) is 5.91 Å². The smallest absolute Gasteiger partial charge is 0.220 e. The van der Waals surface area contributed by atoms with Gasteiger partial charge in [-0.05, 0) is 20.8 Å². The molecule has 1 N–H and O–H groups in total. The maximum Gasteiger partial charge on any atom is 0.220 e. The highest BCUT2D eigenvalue weighted by atomic mass is 16.2. The van der Waals surface area contributed by atoms with Crippen LogP contribution in [-0.2, 0) is 14.4 Å². The maximum atomic E-state index is 11.3. The van der Waals surface area contributed by atoms with Crippen LogP contribution in [0.1, 0.15) is 46.6 Å². The third kappa shape index (κ3) is 10.8. The Labute approximate surface area is 134 Å². The average Bonchev–Trinajstić information content (AvgIpc) is 2.55. The molecule has 0 radical (unpaired) electrons. The summed E-state index contributed by atoms with van der Waals surface area (Å²) in [6.45, 7) is 10.8. The third-order valence-corrected chi connectivity index (χ3v) is 2.72. The zero-order chi connectivity index (χ0) is 17.6. The largest absolute Gasteiger partial charge is 0.349 e. The number of amides is 1. The summed E-state index contributed by atoms with van der Waals surface area (Å²) in [7, 11) is 0. The Morgan fingerprint density at radius 3 is 1.95 bits per heavy atom. The number of aldehydes is 1. The lowest BCUT2D eigenvalue weighted by Gasteiger charge is -2.14. The van der Waals surface area contributed by atoms with Gasteiger partial charge in [0, 0.05) is 6.42 Å². The lowest BCUT2D eigenvalue weighted by atomic mass is 9.90. The molecule has 0 bridgehead atoms. The van der Waals surface area contributed by atoms with Gasteiger partial charge >= 0.3 is 0 Å². The van der Waals surface area contributed by atoms with Crippen molar-refractivity contribution in [2.75, 3.05) is 6.54 Å². The van der Waals surface area contributed by atoms with Crippen LogP contribution in [0.4, 0.5) is 0 Å². The molecule has 0 atom stereocenters. The van der Waals surface area contributed by atoms with Gasteiger partial charge in [0.1, 0.15) is 6.29 Å². The van der Waals surface area contributed by atoms with Crippen molar-refractivity contribution in [3.8, 4) is 0 Å². The van der Waals surface area contributed by atoms with Gasteiger partial charge in [-0.1, -0.05) is 56.7 Å². The molecule has 0 aliphatic carbocycles. The van der Waals surface area contributed by atoms with Crippen molar-refractivity contribution < 1.29 is 14.4 Å². The minimum Gasteiger partial charge on any atom is -0.349 e. The number of benzene rings is 1. The van der Waals surface area contributed by atoms with Crippen LogP contribution in [-0.4, -0.2) is 24.5 Å². The van der Waals surface area contributed by atoms with E-state index in [1.165, 1.54) is 19.4 Å². The van der Waals surface area contributed by atoms with Crippen molar-refractivity contribution in [1.29, 1.82) is 0 Å². The second-order valence-electron chi connectivity index (χ2n) is 5.05. The summed E-state index contributed by atoms with van der Waals surface area (Å²) in [4.78, 5) is 32.5. The molecule has 1 aromatic rings. The van der Waals surface area contributed by atoms with Crippen molar-refractivity contribution in [2.45, 2.75) is 48.0 Å². The number of rotatable bonds is 5. The SMILES string of the molecule is CC.CCC(=O)NCC(=O)C(C)(C)C=O.Cc1ccccc1. The quantitative estimate of drug-likeness (QED) is 0.670. The highest BCUT2D eigenvalue weighted by Crippen LogP contribution is 2.11. The number of ketones is 1. The monoisotopic (exact) mass is 307 g/mol. The predicted molar refractivity (Wildman–Crippen MR) is 90.7 cm³/mol. The van der Waals surface area contributed by atoms with E-state index in [9.17, 15) is 14.4 Å². The van der Waals surface area contributed by atoms with Crippen LogP contribution < -0.4 is 5.32 Å². The van der Waals surface area contributed by atoms with Crippen molar-refractivity contribution >= 4 is 18.0 Å². The van der Waals surface area contributed by atoms with Gasteiger partial charge in [-0.3, -0.25) is 9.59 Å². The number of Topliss-reactive ketones (excluding diaryl/α,β-unsaturated/α-hetero) is 1. The normalized spacial score (nSPS) is 9.36. The van der Waals surface area contributed by atoms with E-state index in [4.69, 9.17) is 0 Å². The van der Waals surface area contributed by atoms with E-state index in [1.54, 1.807) is 6.92 Å². The first kappa shape index (κ1) is 22.3. The van der Waals surface area contributed by atoms with Gasteiger partial charge in [0.25, 0.3) is 0 Å². The fourth-order valence-electron chi connectivity index (χ4n) is 1.13. The summed E-state index contributed by atoms with van der Waals surface area (Å²) in [5, 5.41) is 2.43. The molecule has 22 heavy (non-hydrogen) atoms. The molecule has 1 amide bonds. The number of aryl methyl sites for hydroxylation is 1. The number of carbonyl (C=O) groups excluding carboxylic acids is 3. The first-order chi connectivity index (χ1) is 10.3. The molecule has 4 heteroatoms. The molecule has 0 spiro atoms. The van der Waals surface area contributed by atoms with Crippen molar-refractivity contribution in [3.05, 3.63) is 35.9 Å². The Bertz CT molecular complexity index is 439. The molecule has 0 unspecified atom stereocenters. The lowest BCUT2D eigenvalue weighted by molar-refractivity contribution is -0.133. The fraction of sp³-hybridized carbons (Fsp3) is 0.500. The van der Waals surface area contributed by atoms with Crippen molar-refractivity contribution in [2.24, 2.45) is 5.41 Å². The van der Waals surface area contributed by atoms with Crippen LogP contribution in [0.3, 0.4) is 0 Å². The van der Waals surface area contributed by atoms with Crippen molar-refractivity contribution in [1.82, 2.24) is 5.32 Å². The van der Waals surface area contributed by atoms with Gasteiger partial charge in [-0.15, -0.1) is 0 Å². The topological polar surface area (TPSA) is 63.2 Å². The van der Waals surface area contributed by atoms with Crippen molar-refractivity contribution in [3.63, 3.8) is 0 Å². The Morgan fingerprint density at radius 2 is 1.64 bits per heavy atom. The molecular formula is C18H29NO3. The summed E-state index contributed by atoms with van der Waals surface area (Å²) in [5.74, 6) is -0.459. The molecule has 0 heterocycles. The van der Waals surface area contributed by atoms with E-state index in [2.05, 4.69) is 24.4 Å². The van der Waals surface area contributed by atoms with Crippen LogP contribution in [0.2, 0.25) is 0 Å². The molecule has 1 rings (SSSR count). The fourth-order valence-corrected chi connectivity index (χ4v) is 1.13. The zero-order valence-corrected chi connectivity index (χ0v) is 14.6. The Hall–Kier alpha value is -1.97. The van der Waals surface area contributed by atoms with Gasteiger partial charge < -0.3 is 10.1 Å². The Kier molecular flexibility index (Phi) is 12.9. The molecule has 0 saturated carbocycles. The maximum absolute atomic E-state index is 11.3.